The van der Waals surface area contributed by atoms with Crippen molar-refractivity contribution in [2.45, 2.75) is 32.2 Å². The third-order valence-corrected chi connectivity index (χ3v) is 6.45. The van der Waals surface area contributed by atoms with E-state index in [0.29, 0.717) is 41.5 Å². The molecule has 2 aromatic carbocycles. The van der Waals surface area contributed by atoms with Crippen LogP contribution in [0.25, 0.3) is 22.6 Å². The van der Waals surface area contributed by atoms with Gasteiger partial charge < -0.3 is 14.5 Å². The molecule has 0 bridgehead atoms. The summed E-state index contributed by atoms with van der Waals surface area (Å²) < 4.78 is 10.9. The molecule has 2 aromatic heterocycles. The van der Waals surface area contributed by atoms with E-state index >= 15 is 0 Å². The van der Waals surface area contributed by atoms with Crippen molar-refractivity contribution in [2.24, 2.45) is 0 Å². The number of aromatic nitrogens is 1. The molecule has 4 aromatic rings. The van der Waals surface area contributed by atoms with Gasteiger partial charge in [0.2, 0.25) is 0 Å². The number of esters is 1. The number of benzene rings is 2. The van der Waals surface area contributed by atoms with Gasteiger partial charge in [-0.25, -0.2) is 9.78 Å². The van der Waals surface area contributed by atoms with E-state index in [9.17, 15) is 14.4 Å². The number of ketones is 1. The Balaban J connectivity index is 1.35. The first-order valence-electron chi connectivity index (χ1n) is 12.2. The Morgan fingerprint density at radius 3 is 2.57 bits per heavy atom. The molecule has 1 aliphatic carbocycles. The SMILES string of the molecule is CC(=O)C(Cc1ccccc1)NC(=O)COC(=O)c1c2c(nc3ccccc13)/C(=C\c1ccco1)CC2. The highest BCUT2D eigenvalue weighted by Crippen LogP contribution is 2.37. The van der Waals surface area contributed by atoms with E-state index < -0.39 is 24.5 Å². The first kappa shape index (κ1) is 24.2. The first-order chi connectivity index (χ1) is 18.0. The molecule has 37 heavy (non-hydrogen) atoms. The molecule has 0 fully saturated rings. The number of allylic oxidation sites excluding steroid dienone is 1. The predicted octanol–water partition coefficient (Wildman–Crippen LogP) is 4.79. The van der Waals surface area contributed by atoms with Gasteiger partial charge in [-0.1, -0.05) is 48.5 Å². The topological polar surface area (TPSA) is 98.5 Å². The smallest absolute Gasteiger partial charge is 0.339 e. The summed E-state index contributed by atoms with van der Waals surface area (Å²) in [4.78, 5) is 42.9. The number of amides is 1. The number of hydrogen-bond donors (Lipinski definition) is 1. The van der Waals surface area contributed by atoms with Crippen LogP contribution >= 0.6 is 0 Å². The number of nitrogens with one attached hydrogen (secondary N) is 1. The molecular formula is C30H26N2O5. The summed E-state index contributed by atoms with van der Waals surface area (Å²) in [5, 5.41) is 3.37. The Bertz CT molecular complexity index is 1490. The number of nitrogens with zero attached hydrogens (tertiary/aromatic N) is 1. The van der Waals surface area contributed by atoms with Gasteiger partial charge in [-0.05, 0) is 67.2 Å². The average Bonchev–Trinajstić information content (AvgIpc) is 3.56. The van der Waals surface area contributed by atoms with Crippen molar-refractivity contribution in [1.29, 1.82) is 0 Å². The lowest BCUT2D eigenvalue weighted by Gasteiger charge is -2.17. The predicted molar refractivity (Wildman–Crippen MR) is 140 cm³/mol. The zero-order valence-corrected chi connectivity index (χ0v) is 20.4. The van der Waals surface area contributed by atoms with E-state index in [1.165, 1.54) is 6.92 Å². The summed E-state index contributed by atoms with van der Waals surface area (Å²) in [6.07, 6.45) is 5.24. The van der Waals surface area contributed by atoms with Crippen molar-refractivity contribution in [3.05, 3.63) is 101 Å². The third kappa shape index (κ3) is 5.35. The average molecular weight is 495 g/mol. The summed E-state index contributed by atoms with van der Waals surface area (Å²) in [6.45, 7) is 0.943. The van der Waals surface area contributed by atoms with Gasteiger partial charge in [-0.2, -0.15) is 0 Å². The van der Waals surface area contributed by atoms with Crippen molar-refractivity contribution in [1.82, 2.24) is 10.3 Å². The molecule has 7 nitrogen and oxygen atoms in total. The first-order valence-corrected chi connectivity index (χ1v) is 12.2. The molecule has 186 valence electrons. The maximum Gasteiger partial charge on any atom is 0.339 e. The lowest BCUT2D eigenvalue weighted by molar-refractivity contribution is -0.128. The maximum atomic E-state index is 13.3. The van der Waals surface area contributed by atoms with Crippen LogP contribution in [0.4, 0.5) is 0 Å². The molecule has 0 spiro atoms. The van der Waals surface area contributed by atoms with E-state index in [-0.39, 0.29) is 5.78 Å². The second-order valence-electron chi connectivity index (χ2n) is 9.01. The van der Waals surface area contributed by atoms with Gasteiger partial charge in [0, 0.05) is 5.39 Å². The number of Topliss-reactive ketones (excluding diaryl/α,β-unsaturated/α-hetero) is 1. The Morgan fingerprint density at radius 2 is 1.81 bits per heavy atom. The van der Waals surface area contributed by atoms with Gasteiger partial charge in [-0.3, -0.25) is 9.59 Å². The Morgan fingerprint density at radius 1 is 1.03 bits per heavy atom. The van der Waals surface area contributed by atoms with Gasteiger partial charge in [0.15, 0.2) is 12.4 Å². The van der Waals surface area contributed by atoms with Crippen molar-refractivity contribution in [3.63, 3.8) is 0 Å². The molecule has 5 rings (SSSR count). The summed E-state index contributed by atoms with van der Waals surface area (Å²) in [7, 11) is 0. The van der Waals surface area contributed by atoms with Gasteiger partial charge >= 0.3 is 5.97 Å². The number of carbonyl (C=O) groups excluding carboxylic acids is 3. The van der Waals surface area contributed by atoms with Crippen molar-refractivity contribution < 1.29 is 23.5 Å². The van der Waals surface area contributed by atoms with Crippen molar-refractivity contribution in [2.75, 3.05) is 6.61 Å². The van der Waals surface area contributed by atoms with Crippen molar-refractivity contribution in [3.8, 4) is 0 Å². The van der Waals surface area contributed by atoms with Crippen LogP contribution in [0.1, 0.15) is 46.3 Å². The fraction of sp³-hybridized carbons (Fsp3) is 0.200. The van der Waals surface area contributed by atoms with E-state index in [4.69, 9.17) is 14.1 Å². The van der Waals surface area contributed by atoms with Crippen LogP contribution in [0, 0.1) is 0 Å². The summed E-state index contributed by atoms with van der Waals surface area (Å²) in [6, 6.07) is 19.8. The van der Waals surface area contributed by atoms with Crippen LogP contribution in [0.3, 0.4) is 0 Å². The summed E-state index contributed by atoms with van der Waals surface area (Å²) in [5.41, 5.74) is 4.54. The third-order valence-electron chi connectivity index (χ3n) is 6.45. The lowest BCUT2D eigenvalue weighted by Crippen LogP contribution is -2.43. The monoisotopic (exact) mass is 494 g/mol. The molecule has 2 heterocycles. The number of hydrogen-bond acceptors (Lipinski definition) is 6. The van der Waals surface area contributed by atoms with E-state index in [0.717, 1.165) is 22.4 Å². The molecule has 1 unspecified atom stereocenters. The Kier molecular flexibility index (Phi) is 6.94. The molecule has 0 saturated heterocycles. The number of para-hydroxylation sites is 1. The molecule has 0 saturated carbocycles. The second kappa shape index (κ2) is 10.6. The molecule has 1 aliphatic rings. The van der Waals surface area contributed by atoms with Crippen LogP contribution in [0.15, 0.2) is 77.4 Å². The Labute approximate surface area is 214 Å². The fourth-order valence-electron chi connectivity index (χ4n) is 4.64. The minimum atomic E-state index is -0.700. The second-order valence-corrected chi connectivity index (χ2v) is 9.01. The minimum absolute atomic E-state index is 0.169. The normalized spacial score (nSPS) is 14.4. The summed E-state index contributed by atoms with van der Waals surface area (Å²) in [5.74, 6) is -0.573. The number of rotatable bonds is 8. The van der Waals surface area contributed by atoms with E-state index in [1.807, 2.05) is 72.8 Å². The number of ether oxygens (including phenoxy) is 1. The van der Waals surface area contributed by atoms with Crippen LogP contribution in [-0.4, -0.2) is 35.3 Å². The number of carbonyl (C=O) groups is 3. The molecule has 1 amide bonds. The minimum Gasteiger partial charge on any atom is -0.465 e. The van der Waals surface area contributed by atoms with Gasteiger partial charge in [0.05, 0.1) is 29.1 Å². The zero-order chi connectivity index (χ0) is 25.8. The van der Waals surface area contributed by atoms with Gasteiger partial charge in [-0.15, -0.1) is 0 Å². The number of pyridine rings is 1. The molecular weight excluding hydrogens is 468 g/mol. The largest absolute Gasteiger partial charge is 0.465 e. The van der Waals surface area contributed by atoms with Gasteiger partial charge in [0.25, 0.3) is 5.91 Å². The maximum absolute atomic E-state index is 13.3. The molecule has 0 radical (unpaired) electrons. The van der Waals surface area contributed by atoms with Crippen molar-refractivity contribution >= 4 is 40.2 Å². The molecule has 1 atom stereocenters. The van der Waals surface area contributed by atoms with E-state index in [1.54, 1.807) is 6.26 Å². The quantitative estimate of drug-likeness (QED) is 0.354. The fourth-order valence-corrected chi connectivity index (χ4v) is 4.64. The molecule has 1 N–H and O–H groups in total. The lowest BCUT2D eigenvalue weighted by atomic mass is 10.0. The highest BCUT2D eigenvalue weighted by atomic mass is 16.5. The number of furan rings is 1. The van der Waals surface area contributed by atoms with Crippen LogP contribution in [-0.2, 0) is 27.2 Å². The van der Waals surface area contributed by atoms with Gasteiger partial charge in [0.1, 0.15) is 5.76 Å². The zero-order valence-electron chi connectivity index (χ0n) is 20.4. The Hall–Kier alpha value is -4.52. The molecule has 7 heteroatoms. The highest BCUT2D eigenvalue weighted by Gasteiger charge is 2.28. The highest BCUT2D eigenvalue weighted by molar-refractivity contribution is 6.07. The van der Waals surface area contributed by atoms with Crippen LogP contribution in [0.5, 0.6) is 0 Å². The number of fused-ring (bicyclic) bond motifs is 2. The standard InChI is InChI=1S/C30H26N2O5/c1-19(33)26(16-20-8-3-2-4-9-20)31-27(34)18-37-30(35)28-23-11-5-6-12-25(23)32-29-21(13-14-24(28)29)17-22-10-7-15-36-22/h2-12,15,17,26H,13-14,16,18H2,1H3,(H,31,34)/b21-17-. The van der Waals surface area contributed by atoms with Crippen LogP contribution in [0.2, 0.25) is 0 Å². The van der Waals surface area contributed by atoms with E-state index in [2.05, 4.69) is 5.32 Å². The summed E-state index contributed by atoms with van der Waals surface area (Å²) >= 11 is 0. The molecule has 0 aliphatic heterocycles. The van der Waals surface area contributed by atoms with Crippen LogP contribution < -0.4 is 5.32 Å².